The summed E-state index contributed by atoms with van der Waals surface area (Å²) in [5.74, 6) is 0.967. The average molecular weight is 290 g/mol. The lowest BCUT2D eigenvalue weighted by atomic mass is 9.80. The van der Waals surface area contributed by atoms with Crippen LogP contribution < -0.4 is 10.1 Å². The van der Waals surface area contributed by atoms with Crippen LogP contribution in [0.1, 0.15) is 39.2 Å². The van der Waals surface area contributed by atoms with Gasteiger partial charge in [-0.15, -0.1) is 0 Å². The van der Waals surface area contributed by atoms with Crippen molar-refractivity contribution in [2.45, 2.75) is 46.3 Å². The fourth-order valence-corrected chi connectivity index (χ4v) is 2.84. The van der Waals surface area contributed by atoms with Gasteiger partial charge in [-0.25, -0.2) is 0 Å². The van der Waals surface area contributed by atoms with Gasteiger partial charge in [-0.1, -0.05) is 19.1 Å². The molecular formula is C18H30N2O. The monoisotopic (exact) mass is 290 g/mol. The zero-order valence-electron chi connectivity index (χ0n) is 14.0. The van der Waals surface area contributed by atoms with Gasteiger partial charge in [-0.2, -0.15) is 0 Å². The largest absolute Gasteiger partial charge is 0.491 e. The maximum Gasteiger partial charge on any atom is 0.120 e. The van der Waals surface area contributed by atoms with E-state index in [2.05, 4.69) is 56.2 Å². The number of benzene rings is 1. The molecular weight excluding hydrogens is 260 g/mol. The molecule has 21 heavy (non-hydrogen) atoms. The van der Waals surface area contributed by atoms with Gasteiger partial charge in [0.25, 0.3) is 0 Å². The van der Waals surface area contributed by atoms with Gasteiger partial charge in [-0.05, 0) is 69.9 Å². The van der Waals surface area contributed by atoms with Crippen molar-refractivity contribution in [2.24, 2.45) is 5.41 Å². The van der Waals surface area contributed by atoms with Crippen molar-refractivity contribution in [2.75, 3.05) is 26.7 Å². The van der Waals surface area contributed by atoms with E-state index >= 15 is 0 Å². The number of piperidine rings is 1. The van der Waals surface area contributed by atoms with Crippen LogP contribution in [0.3, 0.4) is 0 Å². The van der Waals surface area contributed by atoms with E-state index < -0.39 is 0 Å². The van der Waals surface area contributed by atoms with E-state index in [1.807, 2.05) is 6.07 Å². The van der Waals surface area contributed by atoms with Crippen LogP contribution in [0.5, 0.6) is 5.75 Å². The molecule has 0 amide bonds. The zero-order valence-corrected chi connectivity index (χ0v) is 14.0. The summed E-state index contributed by atoms with van der Waals surface area (Å²) in [5.41, 5.74) is 1.74. The molecule has 1 aliphatic rings. The van der Waals surface area contributed by atoms with Gasteiger partial charge in [0.15, 0.2) is 0 Å². The Kier molecular flexibility index (Phi) is 5.65. The summed E-state index contributed by atoms with van der Waals surface area (Å²) in [4.78, 5) is 2.43. The molecule has 3 heteroatoms. The number of nitrogens with one attached hydrogen (secondary N) is 1. The van der Waals surface area contributed by atoms with E-state index in [-0.39, 0.29) is 6.10 Å². The molecule has 1 heterocycles. The van der Waals surface area contributed by atoms with Crippen molar-refractivity contribution >= 4 is 0 Å². The SMILES string of the molecule is CC(C)Oc1cccc(CNCC2(C)CCN(C)CC2)c1. The second kappa shape index (κ2) is 7.28. The van der Waals surface area contributed by atoms with Crippen LogP contribution in [0, 0.1) is 5.41 Å². The molecule has 1 fully saturated rings. The minimum Gasteiger partial charge on any atom is -0.491 e. The molecule has 0 spiro atoms. The summed E-state index contributed by atoms with van der Waals surface area (Å²) in [7, 11) is 2.22. The second-order valence-electron chi connectivity index (χ2n) is 7.03. The molecule has 0 atom stereocenters. The number of nitrogens with zero attached hydrogens (tertiary/aromatic N) is 1. The van der Waals surface area contributed by atoms with Gasteiger partial charge >= 0.3 is 0 Å². The van der Waals surface area contributed by atoms with Crippen LogP contribution >= 0.6 is 0 Å². The molecule has 0 aliphatic carbocycles. The summed E-state index contributed by atoms with van der Waals surface area (Å²) in [6.45, 7) is 11.0. The first-order chi connectivity index (χ1) is 9.97. The second-order valence-corrected chi connectivity index (χ2v) is 7.03. The van der Waals surface area contributed by atoms with Crippen LogP contribution in [-0.4, -0.2) is 37.7 Å². The Labute approximate surface area is 129 Å². The van der Waals surface area contributed by atoms with Gasteiger partial charge in [-0.3, -0.25) is 0 Å². The lowest BCUT2D eigenvalue weighted by molar-refractivity contribution is 0.137. The highest BCUT2D eigenvalue weighted by molar-refractivity contribution is 5.28. The summed E-state index contributed by atoms with van der Waals surface area (Å²) < 4.78 is 5.75. The number of ether oxygens (including phenoxy) is 1. The van der Waals surface area contributed by atoms with E-state index in [1.165, 1.54) is 31.5 Å². The van der Waals surface area contributed by atoms with Gasteiger partial charge in [0.1, 0.15) is 5.75 Å². The third-order valence-electron chi connectivity index (χ3n) is 4.35. The Morgan fingerprint density at radius 3 is 2.67 bits per heavy atom. The zero-order chi connectivity index (χ0) is 15.3. The Balaban J connectivity index is 1.80. The highest BCUT2D eigenvalue weighted by Crippen LogP contribution is 2.29. The standard InChI is InChI=1S/C18H30N2O/c1-15(2)21-17-7-5-6-16(12-17)13-19-14-18(3)8-10-20(4)11-9-18/h5-7,12,15,19H,8-11,13-14H2,1-4H3. The summed E-state index contributed by atoms with van der Waals surface area (Å²) in [6.07, 6.45) is 2.80. The molecule has 1 saturated heterocycles. The van der Waals surface area contributed by atoms with E-state index in [4.69, 9.17) is 4.74 Å². The first kappa shape index (κ1) is 16.3. The summed E-state index contributed by atoms with van der Waals surface area (Å²) in [5, 5.41) is 3.63. The van der Waals surface area contributed by atoms with Crippen molar-refractivity contribution in [3.8, 4) is 5.75 Å². The molecule has 0 unspecified atom stereocenters. The first-order valence-corrected chi connectivity index (χ1v) is 8.12. The third-order valence-corrected chi connectivity index (χ3v) is 4.35. The molecule has 1 aromatic rings. The molecule has 0 radical (unpaired) electrons. The van der Waals surface area contributed by atoms with Crippen LogP contribution in [0.4, 0.5) is 0 Å². The lowest BCUT2D eigenvalue weighted by Crippen LogP contribution is -2.41. The Hall–Kier alpha value is -1.06. The molecule has 1 N–H and O–H groups in total. The smallest absolute Gasteiger partial charge is 0.120 e. The van der Waals surface area contributed by atoms with E-state index in [9.17, 15) is 0 Å². The van der Waals surface area contributed by atoms with E-state index in [0.717, 1.165) is 18.8 Å². The average Bonchev–Trinajstić information content (AvgIpc) is 2.42. The molecule has 0 bridgehead atoms. The van der Waals surface area contributed by atoms with Crippen LogP contribution in [-0.2, 0) is 6.54 Å². The van der Waals surface area contributed by atoms with E-state index in [0.29, 0.717) is 5.41 Å². The fourth-order valence-electron chi connectivity index (χ4n) is 2.84. The normalized spacial score (nSPS) is 18.9. The van der Waals surface area contributed by atoms with Gasteiger partial charge in [0.05, 0.1) is 6.10 Å². The third kappa shape index (κ3) is 5.33. The summed E-state index contributed by atoms with van der Waals surface area (Å²) >= 11 is 0. The predicted octanol–water partition coefficient (Wildman–Crippen LogP) is 3.30. The quantitative estimate of drug-likeness (QED) is 0.870. The fraction of sp³-hybridized carbons (Fsp3) is 0.667. The molecule has 1 aliphatic heterocycles. The molecule has 0 saturated carbocycles. The summed E-state index contributed by atoms with van der Waals surface area (Å²) in [6, 6.07) is 8.41. The van der Waals surface area contributed by atoms with Gasteiger partial charge in [0, 0.05) is 13.1 Å². The minimum atomic E-state index is 0.228. The maximum atomic E-state index is 5.75. The molecule has 0 aromatic heterocycles. The maximum absolute atomic E-state index is 5.75. The number of hydrogen-bond donors (Lipinski definition) is 1. The van der Waals surface area contributed by atoms with Crippen molar-refractivity contribution in [3.63, 3.8) is 0 Å². The number of likely N-dealkylation sites (tertiary alicyclic amines) is 1. The predicted molar refractivity (Wildman–Crippen MR) is 88.8 cm³/mol. The molecule has 1 aromatic carbocycles. The van der Waals surface area contributed by atoms with Crippen molar-refractivity contribution in [1.29, 1.82) is 0 Å². The Bertz CT molecular complexity index is 437. The number of rotatable bonds is 6. The lowest BCUT2D eigenvalue weighted by Gasteiger charge is -2.38. The van der Waals surface area contributed by atoms with Crippen LogP contribution in [0.25, 0.3) is 0 Å². The van der Waals surface area contributed by atoms with Crippen molar-refractivity contribution < 1.29 is 4.74 Å². The van der Waals surface area contributed by atoms with E-state index in [1.54, 1.807) is 0 Å². The topological polar surface area (TPSA) is 24.5 Å². The van der Waals surface area contributed by atoms with Crippen LogP contribution in [0.15, 0.2) is 24.3 Å². The van der Waals surface area contributed by atoms with Gasteiger partial charge < -0.3 is 15.0 Å². The Morgan fingerprint density at radius 2 is 2.00 bits per heavy atom. The number of hydrogen-bond acceptors (Lipinski definition) is 3. The molecule has 118 valence electrons. The van der Waals surface area contributed by atoms with Gasteiger partial charge in [0.2, 0.25) is 0 Å². The van der Waals surface area contributed by atoms with Crippen molar-refractivity contribution in [1.82, 2.24) is 10.2 Å². The molecule has 2 rings (SSSR count). The minimum absolute atomic E-state index is 0.228. The Morgan fingerprint density at radius 1 is 1.29 bits per heavy atom. The highest BCUT2D eigenvalue weighted by Gasteiger charge is 2.28. The highest BCUT2D eigenvalue weighted by atomic mass is 16.5. The first-order valence-electron chi connectivity index (χ1n) is 8.12. The van der Waals surface area contributed by atoms with Crippen LogP contribution in [0.2, 0.25) is 0 Å². The molecule has 3 nitrogen and oxygen atoms in total. The van der Waals surface area contributed by atoms with Crippen molar-refractivity contribution in [3.05, 3.63) is 29.8 Å².